The van der Waals surface area contributed by atoms with Gasteiger partial charge in [-0.3, -0.25) is 9.59 Å². The van der Waals surface area contributed by atoms with Gasteiger partial charge in [0.15, 0.2) is 0 Å². The van der Waals surface area contributed by atoms with Gasteiger partial charge in [-0.2, -0.15) is 0 Å². The van der Waals surface area contributed by atoms with Crippen LogP contribution in [-0.2, 0) is 19.1 Å². The third-order valence-electron chi connectivity index (χ3n) is 4.95. The van der Waals surface area contributed by atoms with Crippen molar-refractivity contribution in [1.29, 1.82) is 0 Å². The minimum Gasteiger partial charge on any atom is -0.465 e. The molecule has 2 atom stereocenters. The van der Waals surface area contributed by atoms with Gasteiger partial charge in [-0.05, 0) is 46.0 Å². The van der Waals surface area contributed by atoms with Crippen molar-refractivity contribution in [2.45, 2.75) is 104 Å². The van der Waals surface area contributed by atoms with Crippen LogP contribution < -0.4 is 0 Å². The molecule has 1 saturated carbocycles. The van der Waals surface area contributed by atoms with Gasteiger partial charge in [0.05, 0.1) is 18.4 Å². The summed E-state index contributed by atoms with van der Waals surface area (Å²) in [5.41, 5.74) is -0.515. The van der Waals surface area contributed by atoms with Gasteiger partial charge in [0.1, 0.15) is 5.60 Å². The van der Waals surface area contributed by atoms with Gasteiger partial charge in [0.25, 0.3) is 0 Å². The molecule has 1 aliphatic carbocycles. The van der Waals surface area contributed by atoms with Gasteiger partial charge in [0.2, 0.25) is 0 Å². The molecule has 0 bridgehead atoms. The number of rotatable bonds is 10. The van der Waals surface area contributed by atoms with Crippen LogP contribution in [0.4, 0.5) is 0 Å². The summed E-state index contributed by atoms with van der Waals surface area (Å²) in [7, 11) is 0. The van der Waals surface area contributed by atoms with E-state index in [0.29, 0.717) is 6.61 Å². The summed E-state index contributed by atoms with van der Waals surface area (Å²) in [6, 6.07) is 0. The zero-order valence-electron chi connectivity index (χ0n) is 17.6. The average Bonchev–Trinajstić information content (AvgIpc) is 2.55. The van der Waals surface area contributed by atoms with Crippen LogP contribution >= 0.6 is 0 Å². The summed E-state index contributed by atoms with van der Waals surface area (Å²) in [4.78, 5) is 24.9. The van der Waals surface area contributed by atoms with E-state index < -0.39 is 5.60 Å². The molecular formula is C22H40O4. The molecule has 0 saturated heterocycles. The molecule has 1 aliphatic rings. The van der Waals surface area contributed by atoms with Crippen LogP contribution in [0.2, 0.25) is 0 Å². The second-order valence-electron chi connectivity index (χ2n) is 9.15. The van der Waals surface area contributed by atoms with Gasteiger partial charge < -0.3 is 9.47 Å². The summed E-state index contributed by atoms with van der Waals surface area (Å²) in [5, 5.41) is 0. The lowest BCUT2D eigenvalue weighted by atomic mass is 9.79. The lowest BCUT2D eigenvalue weighted by molar-refractivity contribution is -0.170. The van der Waals surface area contributed by atoms with Crippen molar-refractivity contribution >= 4 is 11.9 Å². The Kier molecular flexibility index (Phi) is 10.3. The highest BCUT2D eigenvalue weighted by molar-refractivity contribution is 5.82. The predicted octanol–water partition coefficient (Wildman–Crippen LogP) is 5.67. The molecule has 0 aliphatic heterocycles. The monoisotopic (exact) mass is 368 g/mol. The lowest BCUT2D eigenvalue weighted by Crippen LogP contribution is -2.38. The van der Waals surface area contributed by atoms with E-state index >= 15 is 0 Å². The molecule has 0 heterocycles. The molecule has 0 aromatic carbocycles. The first-order valence-corrected chi connectivity index (χ1v) is 10.6. The van der Waals surface area contributed by atoms with Crippen LogP contribution in [-0.4, -0.2) is 24.1 Å². The van der Waals surface area contributed by atoms with Gasteiger partial charge >= 0.3 is 11.9 Å². The maximum Gasteiger partial charge on any atom is 0.310 e. The third-order valence-corrected chi connectivity index (χ3v) is 4.95. The summed E-state index contributed by atoms with van der Waals surface area (Å²) >= 11 is 0. The Balaban J connectivity index is 2.29. The minimum atomic E-state index is -0.515. The molecule has 0 aromatic heterocycles. The van der Waals surface area contributed by atoms with Crippen LogP contribution in [0, 0.1) is 17.8 Å². The van der Waals surface area contributed by atoms with Gasteiger partial charge in [-0.1, -0.05) is 58.8 Å². The van der Waals surface area contributed by atoms with E-state index in [1.807, 2.05) is 20.8 Å². The zero-order chi connectivity index (χ0) is 19.6. The fourth-order valence-electron chi connectivity index (χ4n) is 3.54. The first-order valence-electron chi connectivity index (χ1n) is 10.6. The summed E-state index contributed by atoms with van der Waals surface area (Å²) < 4.78 is 11.0. The van der Waals surface area contributed by atoms with E-state index in [-0.39, 0.29) is 23.8 Å². The van der Waals surface area contributed by atoms with Crippen molar-refractivity contribution in [3.8, 4) is 0 Å². The van der Waals surface area contributed by atoms with E-state index in [4.69, 9.17) is 9.47 Å². The number of hydrogen-bond donors (Lipinski definition) is 0. The van der Waals surface area contributed by atoms with Crippen molar-refractivity contribution < 1.29 is 19.1 Å². The van der Waals surface area contributed by atoms with Gasteiger partial charge in [0, 0.05) is 0 Å². The molecule has 1 fully saturated rings. The Labute approximate surface area is 160 Å². The molecule has 152 valence electrons. The van der Waals surface area contributed by atoms with Gasteiger partial charge in [-0.25, -0.2) is 0 Å². The molecular weight excluding hydrogens is 328 g/mol. The molecule has 26 heavy (non-hydrogen) atoms. The number of unbranched alkanes of at least 4 members (excludes halogenated alkanes) is 4. The van der Waals surface area contributed by atoms with Crippen molar-refractivity contribution in [3.05, 3.63) is 0 Å². The molecule has 0 N–H and O–H groups in total. The molecule has 0 aromatic rings. The Morgan fingerprint density at radius 3 is 2.00 bits per heavy atom. The number of esters is 2. The Morgan fingerprint density at radius 2 is 1.42 bits per heavy atom. The highest BCUT2D eigenvalue weighted by Crippen LogP contribution is 2.33. The average molecular weight is 369 g/mol. The molecule has 1 rings (SSSR count). The first-order chi connectivity index (χ1) is 12.2. The highest BCUT2D eigenvalue weighted by atomic mass is 16.6. The van der Waals surface area contributed by atoms with Crippen LogP contribution in [0.15, 0.2) is 0 Å². The normalized spacial score (nSPS) is 20.8. The second-order valence-corrected chi connectivity index (χ2v) is 9.15. The SMILES string of the molecule is CC(C)CCCCCCCOC(=O)C1CCCCC1C(=O)OC(C)(C)C. The number of ether oxygens (including phenoxy) is 2. The Morgan fingerprint density at radius 1 is 0.885 bits per heavy atom. The van der Waals surface area contributed by atoms with Crippen LogP contribution in [0.25, 0.3) is 0 Å². The standard InChI is InChI=1S/C22H40O4/c1-17(2)13-9-7-6-8-12-16-25-20(23)18-14-10-11-15-19(18)21(24)26-22(3,4)5/h17-19H,6-16H2,1-5H3. The smallest absolute Gasteiger partial charge is 0.310 e. The van der Waals surface area contributed by atoms with E-state index in [1.165, 1.54) is 25.7 Å². The summed E-state index contributed by atoms with van der Waals surface area (Å²) in [6.07, 6.45) is 10.5. The number of carbonyl (C=O) groups excluding carboxylic acids is 2. The van der Waals surface area contributed by atoms with E-state index in [0.717, 1.165) is 44.4 Å². The predicted molar refractivity (Wildman–Crippen MR) is 105 cm³/mol. The molecule has 0 amide bonds. The van der Waals surface area contributed by atoms with E-state index in [9.17, 15) is 9.59 Å². The first kappa shape index (κ1) is 23.0. The molecule has 0 radical (unpaired) electrons. The Bertz CT molecular complexity index is 422. The van der Waals surface area contributed by atoms with Crippen molar-refractivity contribution in [2.75, 3.05) is 6.61 Å². The fourth-order valence-corrected chi connectivity index (χ4v) is 3.54. The Hall–Kier alpha value is -1.06. The van der Waals surface area contributed by atoms with Crippen LogP contribution in [0.3, 0.4) is 0 Å². The minimum absolute atomic E-state index is 0.208. The number of hydrogen-bond acceptors (Lipinski definition) is 4. The largest absolute Gasteiger partial charge is 0.465 e. The zero-order valence-corrected chi connectivity index (χ0v) is 17.6. The summed E-state index contributed by atoms with van der Waals surface area (Å²) in [6.45, 7) is 10.6. The van der Waals surface area contributed by atoms with E-state index in [1.54, 1.807) is 0 Å². The molecule has 4 heteroatoms. The van der Waals surface area contributed by atoms with Crippen molar-refractivity contribution in [1.82, 2.24) is 0 Å². The van der Waals surface area contributed by atoms with Crippen LogP contribution in [0.5, 0.6) is 0 Å². The lowest BCUT2D eigenvalue weighted by Gasteiger charge is -2.31. The van der Waals surface area contributed by atoms with Crippen LogP contribution in [0.1, 0.15) is 98.8 Å². The molecule has 0 spiro atoms. The second kappa shape index (κ2) is 11.6. The fraction of sp³-hybridized carbons (Fsp3) is 0.909. The van der Waals surface area contributed by atoms with E-state index in [2.05, 4.69) is 13.8 Å². The highest BCUT2D eigenvalue weighted by Gasteiger charge is 2.39. The number of carbonyl (C=O) groups is 2. The quantitative estimate of drug-likeness (QED) is 0.368. The topological polar surface area (TPSA) is 52.6 Å². The summed E-state index contributed by atoms with van der Waals surface area (Å²) in [5.74, 6) is -0.342. The maximum absolute atomic E-state index is 12.5. The molecule has 2 unspecified atom stereocenters. The maximum atomic E-state index is 12.5. The van der Waals surface area contributed by atoms with Gasteiger partial charge in [-0.15, -0.1) is 0 Å². The third kappa shape index (κ3) is 9.59. The molecule has 4 nitrogen and oxygen atoms in total. The van der Waals surface area contributed by atoms with Crippen molar-refractivity contribution in [2.24, 2.45) is 17.8 Å². The van der Waals surface area contributed by atoms with Crippen molar-refractivity contribution in [3.63, 3.8) is 0 Å².